The topological polar surface area (TPSA) is 68.1 Å². The molecule has 22 heavy (non-hydrogen) atoms. The fourth-order valence-electron chi connectivity index (χ4n) is 2.32. The van der Waals surface area contributed by atoms with Crippen LogP contribution < -0.4 is 5.32 Å². The molecular weight excluding hydrogens is 302 g/mol. The molecule has 0 saturated heterocycles. The van der Waals surface area contributed by atoms with Gasteiger partial charge in [0.25, 0.3) is 5.69 Å². The number of hydrogen-bond donors (Lipinski definition) is 1. The maximum atomic E-state index is 11.0. The second kappa shape index (κ2) is 5.61. The van der Waals surface area contributed by atoms with Crippen molar-refractivity contribution in [1.29, 1.82) is 0 Å². The molecule has 0 atom stereocenters. The Kier molecular flexibility index (Phi) is 3.65. The third-order valence-electron chi connectivity index (χ3n) is 3.39. The molecule has 110 valence electrons. The molecule has 1 heterocycles. The first-order chi connectivity index (χ1) is 10.6. The maximum absolute atomic E-state index is 11.0. The summed E-state index contributed by atoms with van der Waals surface area (Å²) in [6.07, 6.45) is 1.71. The van der Waals surface area contributed by atoms with E-state index < -0.39 is 4.92 Å². The van der Waals surface area contributed by atoms with Gasteiger partial charge in [-0.1, -0.05) is 29.8 Å². The minimum Gasteiger partial charge on any atom is -0.355 e. The number of aryl methyl sites for hydroxylation is 1. The van der Waals surface area contributed by atoms with Crippen molar-refractivity contribution in [1.82, 2.24) is 4.98 Å². The molecule has 2 aromatic carbocycles. The lowest BCUT2D eigenvalue weighted by molar-refractivity contribution is -0.384. The monoisotopic (exact) mass is 313 g/mol. The number of pyridine rings is 1. The number of fused-ring (bicyclic) bond motifs is 1. The van der Waals surface area contributed by atoms with Crippen LogP contribution in [0.1, 0.15) is 5.56 Å². The van der Waals surface area contributed by atoms with Crippen LogP contribution in [0.4, 0.5) is 17.1 Å². The van der Waals surface area contributed by atoms with Crippen LogP contribution in [0.2, 0.25) is 5.02 Å². The summed E-state index contributed by atoms with van der Waals surface area (Å²) in [6, 6.07) is 12.4. The van der Waals surface area contributed by atoms with Crippen molar-refractivity contribution in [3.05, 3.63) is 69.4 Å². The third-order valence-corrected chi connectivity index (χ3v) is 3.71. The normalized spacial score (nSPS) is 10.6. The number of halogens is 1. The van der Waals surface area contributed by atoms with Crippen LogP contribution in [0.25, 0.3) is 10.9 Å². The van der Waals surface area contributed by atoms with E-state index in [-0.39, 0.29) is 10.7 Å². The third kappa shape index (κ3) is 2.58. The first-order valence-corrected chi connectivity index (χ1v) is 6.99. The van der Waals surface area contributed by atoms with Crippen molar-refractivity contribution in [2.24, 2.45) is 0 Å². The Bertz CT molecular complexity index is 880. The van der Waals surface area contributed by atoms with Crippen LogP contribution in [0.3, 0.4) is 0 Å². The van der Waals surface area contributed by atoms with Crippen LogP contribution in [-0.4, -0.2) is 9.91 Å². The summed E-state index contributed by atoms with van der Waals surface area (Å²) in [5.41, 5.74) is 3.29. The van der Waals surface area contributed by atoms with Crippen molar-refractivity contribution in [2.75, 3.05) is 5.32 Å². The van der Waals surface area contributed by atoms with E-state index in [1.54, 1.807) is 12.3 Å². The minimum atomic E-state index is -0.498. The minimum absolute atomic E-state index is 0.117. The molecule has 0 unspecified atom stereocenters. The van der Waals surface area contributed by atoms with E-state index in [9.17, 15) is 10.1 Å². The molecule has 1 aromatic heterocycles. The lowest BCUT2D eigenvalue weighted by Crippen LogP contribution is -1.95. The molecule has 0 spiro atoms. The molecule has 1 N–H and O–H groups in total. The van der Waals surface area contributed by atoms with Crippen LogP contribution in [0.5, 0.6) is 0 Å². The van der Waals surface area contributed by atoms with E-state index in [0.717, 1.165) is 22.2 Å². The summed E-state index contributed by atoms with van der Waals surface area (Å²) in [7, 11) is 0. The van der Waals surface area contributed by atoms with E-state index in [0.29, 0.717) is 5.69 Å². The van der Waals surface area contributed by atoms with Crippen molar-refractivity contribution >= 4 is 39.6 Å². The van der Waals surface area contributed by atoms with Crippen LogP contribution in [0.15, 0.2) is 48.7 Å². The number of rotatable bonds is 3. The number of nitrogens with one attached hydrogen (secondary N) is 1. The molecule has 0 amide bonds. The Labute approximate surface area is 131 Å². The molecule has 0 aliphatic carbocycles. The van der Waals surface area contributed by atoms with Gasteiger partial charge in [-0.15, -0.1) is 0 Å². The summed E-state index contributed by atoms with van der Waals surface area (Å²) in [5, 5.41) is 15.2. The average molecular weight is 314 g/mol. The number of aromatic nitrogens is 1. The largest absolute Gasteiger partial charge is 0.355 e. The number of benzene rings is 2. The molecule has 3 rings (SSSR count). The Morgan fingerprint density at radius 2 is 2.05 bits per heavy atom. The van der Waals surface area contributed by atoms with Gasteiger partial charge in [-0.3, -0.25) is 15.1 Å². The molecule has 0 aliphatic heterocycles. The summed E-state index contributed by atoms with van der Waals surface area (Å²) in [6.45, 7) is 1.99. The van der Waals surface area contributed by atoms with Gasteiger partial charge < -0.3 is 5.32 Å². The highest BCUT2D eigenvalue weighted by Crippen LogP contribution is 2.31. The first kappa shape index (κ1) is 14.3. The summed E-state index contributed by atoms with van der Waals surface area (Å²) in [4.78, 5) is 14.8. The highest BCUT2D eigenvalue weighted by atomic mass is 35.5. The standard InChI is InChI=1S/C16H12ClN3O2/c1-10-3-2-4-12-14(7-8-18-16(10)12)19-11-5-6-13(17)15(9-11)20(21)22/h2-9H,1H3,(H,18,19). The average Bonchev–Trinajstić information content (AvgIpc) is 2.50. The van der Waals surface area contributed by atoms with Gasteiger partial charge in [0.1, 0.15) is 5.02 Å². The quantitative estimate of drug-likeness (QED) is 0.554. The van der Waals surface area contributed by atoms with Crippen LogP contribution in [-0.2, 0) is 0 Å². The zero-order valence-electron chi connectivity index (χ0n) is 11.7. The highest BCUT2D eigenvalue weighted by Gasteiger charge is 2.13. The number of nitro benzene ring substituents is 1. The highest BCUT2D eigenvalue weighted by molar-refractivity contribution is 6.32. The van der Waals surface area contributed by atoms with Gasteiger partial charge in [0, 0.05) is 29.0 Å². The smallest absolute Gasteiger partial charge is 0.289 e. The fraction of sp³-hybridized carbons (Fsp3) is 0.0625. The zero-order chi connectivity index (χ0) is 15.7. The molecule has 6 heteroatoms. The van der Waals surface area contributed by atoms with E-state index in [1.807, 2.05) is 31.2 Å². The van der Waals surface area contributed by atoms with Gasteiger partial charge in [-0.05, 0) is 30.7 Å². The second-order valence-electron chi connectivity index (χ2n) is 4.88. The van der Waals surface area contributed by atoms with Crippen LogP contribution in [0, 0.1) is 17.0 Å². The second-order valence-corrected chi connectivity index (χ2v) is 5.29. The molecule has 3 aromatic rings. The molecule has 5 nitrogen and oxygen atoms in total. The van der Waals surface area contributed by atoms with E-state index >= 15 is 0 Å². The van der Waals surface area contributed by atoms with Crippen molar-refractivity contribution in [2.45, 2.75) is 6.92 Å². The van der Waals surface area contributed by atoms with Crippen LogP contribution >= 0.6 is 11.6 Å². The SMILES string of the molecule is Cc1cccc2c(Nc3ccc(Cl)c([N+](=O)[O-])c3)ccnc12. The number of para-hydroxylation sites is 1. The summed E-state index contributed by atoms with van der Waals surface area (Å²) < 4.78 is 0. The molecular formula is C16H12ClN3O2. The molecule has 0 fully saturated rings. The molecule has 0 saturated carbocycles. The number of nitrogens with zero attached hydrogens (tertiary/aromatic N) is 2. The maximum Gasteiger partial charge on any atom is 0.289 e. The van der Waals surface area contributed by atoms with Gasteiger partial charge >= 0.3 is 0 Å². The summed E-state index contributed by atoms with van der Waals surface area (Å²) in [5.74, 6) is 0. The molecule has 0 radical (unpaired) electrons. The Balaban J connectivity index is 2.06. The van der Waals surface area contributed by atoms with Gasteiger partial charge in [0.2, 0.25) is 0 Å². The summed E-state index contributed by atoms with van der Waals surface area (Å²) >= 11 is 5.83. The van der Waals surface area contributed by atoms with Gasteiger partial charge in [-0.2, -0.15) is 0 Å². The Hall–Kier alpha value is -2.66. The van der Waals surface area contributed by atoms with Gasteiger partial charge in [-0.25, -0.2) is 0 Å². The fourth-order valence-corrected chi connectivity index (χ4v) is 2.51. The van der Waals surface area contributed by atoms with Gasteiger partial charge in [0.15, 0.2) is 0 Å². The van der Waals surface area contributed by atoms with E-state index in [1.165, 1.54) is 12.1 Å². The lowest BCUT2D eigenvalue weighted by Gasteiger charge is -2.10. The van der Waals surface area contributed by atoms with Gasteiger partial charge in [0.05, 0.1) is 10.4 Å². The lowest BCUT2D eigenvalue weighted by atomic mass is 10.1. The zero-order valence-corrected chi connectivity index (χ0v) is 12.5. The van der Waals surface area contributed by atoms with E-state index in [4.69, 9.17) is 11.6 Å². The Morgan fingerprint density at radius 3 is 2.82 bits per heavy atom. The predicted molar refractivity (Wildman–Crippen MR) is 87.9 cm³/mol. The van der Waals surface area contributed by atoms with Crippen molar-refractivity contribution in [3.63, 3.8) is 0 Å². The first-order valence-electron chi connectivity index (χ1n) is 6.61. The van der Waals surface area contributed by atoms with Crippen molar-refractivity contribution < 1.29 is 4.92 Å². The number of anilines is 2. The number of nitro groups is 1. The number of hydrogen-bond acceptors (Lipinski definition) is 4. The van der Waals surface area contributed by atoms with E-state index in [2.05, 4.69) is 10.3 Å². The predicted octanol–water partition coefficient (Wildman–Crippen LogP) is 4.85. The molecule has 0 bridgehead atoms. The molecule has 0 aliphatic rings. The van der Waals surface area contributed by atoms with Crippen molar-refractivity contribution in [3.8, 4) is 0 Å². The Morgan fingerprint density at radius 1 is 1.23 bits per heavy atom.